The van der Waals surface area contributed by atoms with Gasteiger partial charge in [-0.2, -0.15) is 0 Å². The molecule has 0 aliphatic rings. The fraction of sp³-hybridized carbons (Fsp3) is 0.412. The van der Waals surface area contributed by atoms with Gasteiger partial charge in [0.25, 0.3) is 0 Å². The highest BCUT2D eigenvalue weighted by Gasteiger charge is 2.04. The van der Waals surface area contributed by atoms with Crippen molar-refractivity contribution in [2.75, 3.05) is 19.7 Å². The van der Waals surface area contributed by atoms with E-state index in [9.17, 15) is 0 Å². The van der Waals surface area contributed by atoms with Crippen LogP contribution in [0.4, 0.5) is 0 Å². The van der Waals surface area contributed by atoms with E-state index in [1.807, 2.05) is 45.0 Å². The molecule has 2 N–H and O–H groups in total. The fourth-order valence-electron chi connectivity index (χ4n) is 2.08. The summed E-state index contributed by atoms with van der Waals surface area (Å²) in [6.45, 7) is 8.73. The van der Waals surface area contributed by atoms with Crippen LogP contribution in [-0.2, 0) is 6.54 Å². The van der Waals surface area contributed by atoms with E-state index in [1.165, 1.54) is 4.88 Å². The number of thiazole rings is 1. The Morgan fingerprint density at radius 2 is 1.96 bits per heavy atom. The molecule has 0 aliphatic heterocycles. The molecule has 5 nitrogen and oxygen atoms in total. The molecule has 1 heterocycles. The molecule has 0 aliphatic carbocycles. The Labute approximate surface area is 175 Å². The van der Waals surface area contributed by atoms with Crippen molar-refractivity contribution in [2.45, 2.75) is 27.3 Å². The van der Waals surface area contributed by atoms with Gasteiger partial charge in [-0.25, -0.2) is 9.98 Å². The lowest BCUT2D eigenvalue weighted by Crippen LogP contribution is -2.39. The van der Waals surface area contributed by atoms with E-state index in [-0.39, 0.29) is 24.0 Å². The van der Waals surface area contributed by atoms with Crippen molar-refractivity contribution in [1.29, 1.82) is 0 Å². The fourth-order valence-corrected chi connectivity index (χ4v) is 3.07. The zero-order chi connectivity index (χ0) is 17.4. The normalized spacial score (nSPS) is 11.0. The maximum atomic E-state index is 5.85. The highest BCUT2D eigenvalue weighted by molar-refractivity contribution is 14.0. The van der Waals surface area contributed by atoms with Crippen LogP contribution in [-0.4, -0.2) is 30.6 Å². The van der Waals surface area contributed by atoms with Gasteiger partial charge < -0.3 is 15.4 Å². The number of nitrogens with zero attached hydrogens (tertiary/aromatic N) is 2. The van der Waals surface area contributed by atoms with E-state index in [2.05, 4.69) is 20.6 Å². The monoisotopic (exact) mass is 494 g/mol. The molecule has 1 aromatic carbocycles. The molecule has 0 saturated heterocycles. The van der Waals surface area contributed by atoms with E-state index in [0.29, 0.717) is 24.7 Å². The lowest BCUT2D eigenvalue weighted by Gasteiger charge is -2.12. The largest absolute Gasteiger partial charge is 0.492 e. The van der Waals surface area contributed by atoms with Crippen molar-refractivity contribution in [3.8, 4) is 5.75 Å². The molecule has 2 rings (SSSR count). The summed E-state index contributed by atoms with van der Waals surface area (Å²) in [5.41, 5.74) is 1.06. The van der Waals surface area contributed by atoms with Crippen molar-refractivity contribution in [2.24, 2.45) is 4.99 Å². The number of hydrogen-bond donors (Lipinski definition) is 2. The summed E-state index contributed by atoms with van der Waals surface area (Å²) in [6, 6.07) is 7.34. The first-order chi connectivity index (χ1) is 11.6. The Morgan fingerprint density at radius 1 is 1.24 bits per heavy atom. The van der Waals surface area contributed by atoms with Gasteiger partial charge in [0.05, 0.1) is 23.8 Å². The first-order valence-corrected chi connectivity index (χ1v) is 9.11. The second-order valence-electron chi connectivity index (χ2n) is 5.17. The van der Waals surface area contributed by atoms with Gasteiger partial charge in [-0.15, -0.1) is 35.3 Å². The van der Waals surface area contributed by atoms with Crippen LogP contribution >= 0.6 is 46.9 Å². The summed E-state index contributed by atoms with van der Waals surface area (Å²) in [5.74, 6) is 1.58. The molecule has 1 aromatic heterocycles. The number of halogens is 2. The van der Waals surface area contributed by atoms with Crippen molar-refractivity contribution >= 4 is 52.9 Å². The third kappa shape index (κ3) is 7.79. The SMILES string of the molecule is CCNC(=NCc1sc(C)nc1C)NCCOc1ccc(Cl)cc1.I. The molecule has 0 fully saturated rings. The molecule has 0 saturated carbocycles. The number of hydrogen-bond acceptors (Lipinski definition) is 4. The second-order valence-corrected chi connectivity index (χ2v) is 6.89. The Balaban J connectivity index is 0.00000312. The highest BCUT2D eigenvalue weighted by atomic mass is 127. The van der Waals surface area contributed by atoms with Gasteiger partial charge in [0.1, 0.15) is 12.4 Å². The van der Waals surface area contributed by atoms with Gasteiger partial charge in [0.15, 0.2) is 5.96 Å². The predicted octanol–water partition coefficient (Wildman–Crippen LogP) is 4.17. The summed E-state index contributed by atoms with van der Waals surface area (Å²) in [4.78, 5) is 10.2. The number of nitrogens with one attached hydrogen (secondary N) is 2. The maximum absolute atomic E-state index is 5.85. The van der Waals surface area contributed by atoms with Crippen LogP contribution in [0, 0.1) is 13.8 Å². The van der Waals surface area contributed by atoms with Crippen LogP contribution in [0.3, 0.4) is 0 Å². The molecule has 0 spiro atoms. The number of ether oxygens (including phenoxy) is 1. The Kier molecular flexibility index (Phi) is 10.1. The number of aromatic nitrogens is 1. The van der Waals surface area contributed by atoms with Gasteiger partial charge in [-0.3, -0.25) is 0 Å². The zero-order valence-electron chi connectivity index (χ0n) is 14.6. The maximum Gasteiger partial charge on any atom is 0.191 e. The molecule has 138 valence electrons. The summed E-state index contributed by atoms with van der Waals surface area (Å²) in [7, 11) is 0. The quantitative estimate of drug-likeness (QED) is 0.263. The summed E-state index contributed by atoms with van der Waals surface area (Å²) >= 11 is 7.54. The van der Waals surface area contributed by atoms with Crippen LogP contribution in [0.15, 0.2) is 29.3 Å². The summed E-state index contributed by atoms with van der Waals surface area (Å²) in [5, 5.41) is 8.29. The van der Waals surface area contributed by atoms with Gasteiger partial charge in [0.2, 0.25) is 0 Å². The number of aliphatic imine (C=N–C) groups is 1. The van der Waals surface area contributed by atoms with Crippen molar-refractivity contribution in [3.05, 3.63) is 44.9 Å². The van der Waals surface area contributed by atoms with E-state index in [1.54, 1.807) is 11.3 Å². The lowest BCUT2D eigenvalue weighted by atomic mass is 10.3. The van der Waals surface area contributed by atoms with Crippen molar-refractivity contribution in [3.63, 3.8) is 0 Å². The van der Waals surface area contributed by atoms with Gasteiger partial charge >= 0.3 is 0 Å². The van der Waals surface area contributed by atoms with Crippen LogP contribution in [0.25, 0.3) is 0 Å². The van der Waals surface area contributed by atoms with E-state index in [4.69, 9.17) is 16.3 Å². The Bertz CT molecular complexity index is 676. The average Bonchev–Trinajstić information content (AvgIpc) is 2.88. The predicted molar refractivity (Wildman–Crippen MR) is 117 cm³/mol. The summed E-state index contributed by atoms with van der Waals surface area (Å²) < 4.78 is 5.66. The van der Waals surface area contributed by atoms with Crippen LogP contribution in [0.5, 0.6) is 5.75 Å². The molecular weight excluding hydrogens is 471 g/mol. The minimum Gasteiger partial charge on any atom is -0.492 e. The molecule has 0 bridgehead atoms. The number of benzene rings is 1. The first kappa shape index (κ1) is 22.0. The van der Waals surface area contributed by atoms with Crippen LogP contribution in [0.1, 0.15) is 22.5 Å². The second kappa shape index (κ2) is 11.5. The highest BCUT2D eigenvalue weighted by Crippen LogP contribution is 2.18. The van der Waals surface area contributed by atoms with E-state index in [0.717, 1.165) is 29.0 Å². The molecule has 0 atom stereocenters. The summed E-state index contributed by atoms with van der Waals surface area (Å²) in [6.07, 6.45) is 0. The van der Waals surface area contributed by atoms with E-state index >= 15 is 0 Å². The molecule has 25 heavy (non-hydrogen) atoms. The van der Waals surface area contributed by atoms with E-state index < -0.39 is 0 Å². The smallest absolute Gasteiger partial charge is 0.191 e. The van der Waals surface area contributed by atoms with Crippen LogP contribution in [0.2, 0.25) is 5.02 Å². The molecule has 0 amide bonds. The third-order valence-electron chi connectivity index (χ3n) is 3.20. The number of rotatable bonds is 7. The topological polar surface area (TPSA) is 58.5 Å². The lowest BCUT2D eigenvalue weighted by molar-refractivity contribution is 0.322. The van der Waals surface area contributed by atoms with Crippen LogP contribution < -0.4 is 15.4 Å². The number of aryl methyl sites for hydroxylation is 2. The minimum atomic E-state index is 0. The average molecular weight is 495 g/mol. The Morgan fingerprint density at radius 3 is 2.56 bits per heavy atom. The van der Waals surface area contributed by atoms with Gasteiger partial charge in [-0.05, 0) is 45.0 Å². The number of guanidine groups is 1. The van der Waals surface area contributed by atoms with Crippen molar-refractivity contribution in [1.82, 2.24) is 15.6 Å². The molecule has 0 unspecified atom stereocenters. The van der Waals surface area contributed by atoms with Gasteiger partial charge in [0, 0.05) is 16.4 Å². The molecule has 0 radical (unpaired) electrons. The van der Waals surface area contributed by atoms with Gasteiger partial charge in [-0.1, -0.05) is 11.6 Å². The first-order valence-electron chi connectivity index (χ1n) is 7.92. The Hall–Kier alpha value is -1.06. The zero-order valence-corrected chi connectivity index (χ0v) is 18.5. The minimum absolute atomic E-state index is 0. The molecular formula is C17H24ClIN4OS. The third-order valence-corrected chi connectivity index (χ3v) is 4.51. The van der Waals surface area contributed by atoms with Crippen molar-refractivity contribution < 1.29 is 4.74 Å². The molecule has 2 aromatic rings. The standard InChI is InChI=1S/C17H23ClN4OS.HI/c1-4-19-17(21-11-16-12(2)22-13(3)24-16)20-9-10-23-15-7-5-14(18)6-8-15;/h5-8H,4,9-11H2,1-3H3,(H2,19,20,21);1H. The molecule has 8 heteroatoms.